The topological polar surface area (TPSA) is 59.7 Å². The third kappa shape index (κ3) is 4.15. The molecule has 2 aromatic heterocycles. The summed E-state index contributed by atoms with van der Waals surface area (Å²) in [5.41, 5.74) is 4.42. The fraction of sp³-hybridized carbons (Fsp3) is 0.500. The molecule has 1 fully saturated rings. The van der Waals surface area contributed by atoms with Gasteiger partial charge in [-0.1, -0.05) is 31.4 Å². The molecule has 6 nitrogen and oxygen atoms in total. The first-order valence-electron chi connectivity index (χ1n) is 12.1. The van der Waals surface area contributed by atoms with Crippen molar-refractivity contribution in [2.24, 2.45) is 5.92 Å². The summed E-state index contributed by atoms with van der Waals surface area (Å²) in [6.45, 7) is 6.75. The number of amides is 1. The van der Waals surface area contributed by atoms with E-state index in [0.717, 1.165) is 59.9 Å². The van der Waals surface area contributed by atoms with Crippen LogP contribution in [0.15, 0.2) is 18.2 Å². The van der Waals surface area contributed by atoms with Gasteiger partial charge in [-0.3, -0.25) is 4.79 Å². The maximum absolute atomic E-state index is 14.1. The van der Waals surface area contributed by atoms with E-state index in [4.69, 9.17) is 16.3 Å². The quantitative estimate of drug-likeness (QED) is 0.443. The lowest BCUT2D eigenvalue weighted by atomic mass is 9.84. The van der Waals surface area contributed by atoms with Crippen LogP contribution in [0.25, 0.3) is 5.65 Å². The number of carbonyl (C=O) groups is 1. The van der Waals surface area contributed by atoms with Crippen molar-refractivity contribution in [3.8, 4) is 5.75 Å². The summed E-state index contributed by atoms with van der Waals surface area (Å²) in [5, 5.41) is 5.25. The van der Waals surface area contributed by atoms with E-state index in [2.05, 4.69) is 17.0 Å². The highest BCUT2D eigenvalue weighted by Crippen LogP contribution is 2.34. The highest BCUT2D eigenvalue weighted by molar-refractivity contribution is 6.31. The molecular weight excluding hydrogens is 455 g/mol. The number of rotatable bonds is 5. The maximum atomic E-state index is 14.1. The Morgan fingerprint density at radius 1 is 1.21 bits per heavy atom. The summed E-state index contributed by atoms with van der Waals surface area (Å²) in [5.74, 6) is 0.491. The van der Waals surface area contributed by atoms with E-state index < -0.39 is 5.82 Å². The monoisotopic (exact) mass is 484 g/mol. The molecule has 0 spiro atoms. The number of ether oxygens (including phenoxy) is 1. The molecule has 5 rings (SSSR count). The van der Waals surface area contributed by atoms with Gasteiger partial charge in [-0.2, -0.15) is 5.10 Å². The standard InChI is InChI=1S/C26H30ClFN4O2/c1-4-5-17-6-9-19(10-7-17)34-23-12-18(28)8-11-20(23)26(33)31-13-21-22(14-31)30-32-16(3)24(27)15(2)29-25(21)32/h8,11-12,17,19H,4-7,9-10,13-14H2,1-3H3. The molecule has 1 amide bonds. The molecule has 3 aromatic rings. The van der Waals surface area contributed by atoms with E-state index in [9.17, 15) is 9.18 Å². The Bertz CT molecular complexity index is 1250. The maximum Gasteiger partial charge on any atom is 0.258 e. The number of fused-ring (bicyclic) bond motifs is 3. The number of halogens is 2. The molecule has 0 unspecified atom stereocenters. The number of carbonyl (C=O) groups excluding carboxylic acids is 1. The average Bonchev–Trinajstić information content (AvgIpc) is 3.38. The van der Waals surface area contributed by atoms with Crippen molar-refractivity contribution in [1.29, 1.82) is 0 Å². The third-order valence-corrected chi connectivity index (χ3v) is 7.75. The van der Waals surface area contributed by atoms with Gasteiger partial charge < -0.3 is 9.64 Å². The molecule has 180 valence electrons. The first-order chi connectivity index (χ1) is 16.4. The van der Waals surface area contributed by atoms with Crippen LogP contribution in [-0.2, 0) is 13.1 Å². The molecule has 34 heavy (non-hydrogen) atoms. The lowest BCUT2D eigenvalue weighted by molar-refractivity contribution is 0.0735. The van der Waals surface area contributed by atoms with Crippen molar-refractivity contribution in [3.63, 3.8) is 0 Å². The zero-order valence-electron chi connectivity index (χ0n) is 19.9. The van der Waals surface area contributed by atoms with E-state index in [1.807, 2.05) is 13.8 Å². The fourth-order valence-corrected chi connectivity index (χ4v) is 5.45. The number of aromatic nitrogens is 3. The van der Waals surface area contributed by atoms with Gasteiger partial charge in [0.05, 0.1) is 46.9 Å². The summed E-state index contributed by atoms with van der Waals surface area (Å²) < 4.78 is 22.1. The van der Waals surface area contributed by atoms with Gasteiger partial charge in [0.1, 0.15) is 11.6 Å². The fourth-order valence-electron chi connectivity index (χ4n) is 5.32. The van der Waals surface area contributed by atoms with Crippen molar-refractivity contribution < 1.29 is 13.9 Å². The molecular formula is C26H30ClFN4O2. The predicted molar refractivity (Wildman–Crippen MR) is 129 cm³/mol. The normalized spacial score (nSPS) is 20.1. The van der Waals surface area contributed by atoms with Crippen LogP contribution in [0, 0.1) is 25.6 Å². The average molecular weight is 485 g/mol. The van der Waals surface area contributed by atoms with Crippen LogP contribution in [0.5, 0.6) is 5.75 Å². The van der Waals surface area contributed by atoms with Gasteiger partial charge in [-0.15, -0.1) is 0 Å². The third-order valence-electron chi connectivity index (χ3n) is 7.20. The van der Waals surface area contributed by atoms with Gasteiger partial charge in [-0.25, -0.2) is 13.9 Å². The Morgan fingerprint density at radius 2 is 1.97 bits per heavy atom. The Hall–Kier alpha value is -2.67. The van der Waals surface area contributed by atoms with Gasteiger partial charge >= 0.3 is 0 Å². The first-order valence-corrected chi connectivity index (χ1v) is 12.5. The van der Waals surface area contributed by atoms with Crippen LogP contribution in [-0.4, -0.2) is 31.5 Å². The summed E-state index contributed by atoms with van der Waals surface area (Å²) in [7, 11) is 0. The van der Waals surface area contributed by atoms with E-state index in [1.54, 1.807) is 9.42 Å². The molecule has 0 bridgehead atoms. The Morgan fingerprint density at radius 3 is 2.71 bits per heavy atom. The van der Waals surface area contributed by atoms with E-state index >= 15 is 0 Å². The molecule has 1 aliphatic carbocycles. The van der Waals surface area contributed by atoms with Crippen LogP contribution in [0.3, 0.4) is 0 Å². The molecule has 1 aliphatic heterocycles. The highest BCUT2D eigenvalue weighted by Gasteiger charge is 2.32. The largest absolute Gasteiger partial charge is 0.489 e. The molecule has 1 saturated carbocycles. The van der Waals surface area contributed by atoms with Crippen LogP contribution < -0.4 is 4.74 Å². The summed E-state index contributed by atoms with van der Waals surface area (Å²) in [6.07, 6.45) is 6.57. The second-order valence-corrected chi connectivity index (χ2v) is 9.99. The summed E-state index contributed by atoms with van der Waals surface area (Å²) in [6, 6.07) is 4.20. The molecule has 8 heteroatoms. The summed E-state index contributed by atoms with van der Waals surface area (Å²) >= 11 is 6.34. The van der Waals surface area contributed by atoms with E-state index in [1.165, 1.54) is 31.0 Å². The highest BCUT2D eigenvalue weighted by atomic mass is 35.5. The van der Waals surface area contributed by atoms with Gasteiger partial charge in [0.25, 0.3) is 5.91 Å². The van der Waals surface area contributed by atoms with Crippen molar-refractivity contribution >= 4 is 23.2 Å². The number of nitrogens with zero attached hydrogens (tertiary/aromatic N) is 4. The Balaban J connectivity index is 1.35. The SMILES string of the molecule is CCCC1CCC(Oc2cc(F)ccc2C(=O)N2Cc3nn4c(C)c(Cl)c(C)nc4c3C2)CC1. The Labute approximate surface area is 204 Å². The molecule has 0 radical (unpaired) electrons. The lowest BCUT2D eigenvalue weighted by Crippen LogP contribution is -2.28. The number of hydrogen-bond acceptors (Lipinski definition) is 4. The van der Waals surface area contributed by atoms with E-state index in [-0.39, 0.29) is 12.0 Å². The molecule has 0 N–H and O–H groups in total. The summed E-state index contributed by atoms with van der Waals surface area (Å²) in [4.78, 5) is 19.8. The minimum atomic E-state index is -0.402. The second-order valence-electron chi connectivity index (χ2n) is 9.61. The zero-order chi connectivity index (χ0) is 24.0. The van der Waals surface area contributed by atoms with Crippen LogP contribution in [0.1, 0.15) is 78.5 Å². The van der Waals surface area contributed by atoms with Crippen molar-refractivity contribution in [2.75, 3.05) is 0 Å². The number of benzene rings is 1. The van der Waals surface area contributed by atoms with Gasteiger partial charge in [0, 0.05) is 11.6 Å². The van der Waals surface area contributed by atoms with Gasteiger partial charge in [-0.05, 0) is 57.6 Å². The minimum absolute atomic E-state index is 0.0151. The molecule has 3 heterocycles. The van der Waals surface area contributed by atoms with Gasteiger partial charge in [0.2, 0.25) is 0 Å². The van der Waals surface area contributed by atoms with Crippen molar-refractivity contribution in [3.05, 3.63) is 57.2 Å². The van der Waals surface area contributed by atoms with Crippen LogP contribution in [0.2, 0.25) is 5.02 Å². The van der Waals surface area contributed by atoms with Crippen LogP contribution >= 0.6 is 11.6 Å². The minimum Gasteiger partial charge on any atom is -0.489 e. The smallest absolute Gasteiger partial charge is 0.258 e. The molecule has 0 atom stereocenters. The first kappa shape index (κ1) is 23.1. The lowest BCUT2D eigenvalue weighted by Gasteiger charge is -2.29. The van der Waals surface area contributed by atoms with E-state index in [0.29, 0.717) is 29.4 Å². The molecule has 0 saturated heterocycles. The molecule has 2 aliphatic rings. The van der Waals surface area contributed by atoms with Crippen molar-refractivity contribution in [2.45, 2.75) is 78.5 Å². The zero-order valence-corrected chi connectivity index (χ0v) is 20.7. The number of hydrogen-bond donors (Lipinski definition) is 0. The predicted octanol–water partition coefficient (Wildman–Crippen LogP) is 6.03. The van der Waals surface area contributed by atoms with Crippen LogP contribution in [0.4, 0.5) is 4.39 Å². The Kier molecular flexibility index (Phi) is 6.23. The molecule has 1 aromatic carbocycles. The van der Waals surface area contributed by atoms with Gasteiger partial charge in [0.15, 0.2) is 5.65 Å². The second kappa shape index (κ2) is 9.17. The number of aryl methyl sites for hydroxylation is 2. The van der Waals surface area contributed by atoms with Crippen molar-refractivity contribution in [1.82, 2.24) is 19.5 Å².